The van der Waals surface area contributed by atoms with E-state index in [-0.39, 0.29) is 4.90 Å². The van der Waals surface area contributed by atoms with Crippen molar-refractivity contribution < 1.29 is 12.8 Å². The number of halogens is 1. The third-order valence-corrected chi connectivity index (χ3v) is 3.65. The molecule has 0 aliphatic rings. The minimum atomic E-state index is -3.61. The van der Waals surface area contributed by atoms with E-state index in [1.807, 2.05) is 0 Å². The van der Waals surface area contributed by atoms with Gasteiger partial charge in [-0.05, 0) is 18.2 Å². The largest absolute Gasteiger partial charge is 0.384 e. The van der Waals surface area contributed by atoms with Crippen LogP contribution < -0.4 is 5.73 Å². The number of hydrogen-bond acceptors (Lipinski definition) is 4. The molecule has 0 amide bonds. The summed E-state index contributed by atoms with van der Waals surface area (Å²) in [5, 5.41) is 4.11. The minimum Gasteiger partial charge on any atom is -0.384 e. The summed E-state index contributed by atoms with van der Waals surface area (Å²) in [5.74, 6) is -0.333. The topological polar surface area (TPSA) is 78.0 Å². The van der Waals surface area contributed by atoms with Gasteiger partial charge in [0.1, 0.15) is 16.5 Å². The molecule has 2 N–H and O–H groups in total. The zero-order chi connectivity index (χ0) is 13.5. The van der Waals surface area contributed by atoms with Gasteiger partial charge < -0.3 is 5.73 Å². The molecule has 96 valence electrons. The smallest absolute Gasteiger partial charge is 0.178 e. The summed E-state index contributed by atoms with van der Waals surface area (Å²) >= 11 is 0. The SMILES string of the molecule is Cn1nc(-c2ccc(F)c(S(C)(=O)=O)c2)cc1N. The number of rotatable bonds is 2. The summed E-state index contributed by atoms with van der Waals surface area (Å²) in [7, 11) is -1.94. The highest BCUT2D eigenvalue weighted by Gasteiger charge is 2.16. The number of hydrogen-bond donors (Lipinski definition) is 1. The number of nitrogens with two attached hydrogens (primary N) is 1. The molecule has 0 saturated carbocycles. The summed E-state index contributed by atoms with van der Waals surface area (Å²) in [5.41, 5.74) is 6.64. The third-order valence-electron chi connectivity index (χ3n) is 2.54. The lowest BCUT2D eigenvalue weighted by atomic mass is 10.1. The highest BCUT2D eigenvalue weighted by Crippen LogP contribution is 2.24. The fourth-order valence-corrected chi connectivity index (χ4v) is 2.33. The van der Waals surface area contributed by atoms with Crippen molar-refractivity contribution in [3.8, 4) is 11.3 Å². The Morgan fingerprint density at radius 3 is 2.50 bits per heavy atom. The first-order valence-corrected chi connectivity index (χ1v) is 6.97. The summed E-state index contributed by atoms with van der Waals surface area (Å²) in [6, 6.07) is 5.42. The maximum atomic E-state index is 13.4. The lowest BCUT2D eigenvalue weighted by molar-refractivity contribution is 0.571. The van der Waals surface area contributed by atoms with Crippen LogP contribution in [0.3, 0.4) is 0 Å². The van der Waals surface area contributed by atoms with Crippen molar-refractivity contribution in [2.24, 2.45) is 7.05 Å². The molecule has 0 unspecified atom stereocenters. The standard InChI is InChI=1S/C11H12FN3O2S/c1-15-11(13)6-9(14-15)7-3-4-8(12)10(5-7)18(2,16)17/h3-6H,13H2,1-2H3. The molecule has 0 saturated heterocycles. The predicted octanol–water partition coefficient (Wildman–Crippen LogP) is 1.21. The lowest BCUT2D eigenvalue weighted by Crippen LogP contribution is -2.01. The van der Waals surface area contributed by atoms with Gasteiger partial charge in [0.2, 0.25) is 0 Å². The van der Waals surface area contributed by atoms with Crippen LogP contribution in [0.1, 0.15) is 0 Å². The maximum absolute atomic E-state index is 13.4. The summed E-state index contributed by atoms with van der Waals surface area (Å²) in [6.45, 7) is 0. The molecular weight excluding hydrogens is 257 g/mol. The molecule has 5 nitrogen and oxygen atoms in total. The maximum Gasteiger partial charge on any atom is 0.178 e. The third kappa shape index (κ3) is 2.21. The predicted molar refractivity (Wildman–Crippen MR) is 66.1 cm³/mol. The summed E-state index contributed by atoms with van der Waals surface area (Å²) in [4.78, 5) is -0.343. The van der Waals surface area contributed by atoms with Gasteiger partial charge in [-0.2, -0.15) is 5.10 Å². The first-order chi connectivity index (χ1) is 8.29. The first kappa shape index (κ1) is 12.6. The Labute approximate surface area is 104 Å². The van der Waals surface area contributed by atoms with Crippen molar-refractivity contribution in [2.45, 2.75) is 4.90 Å². The Kier molecular flexibility index (Phi) is 2.86. The van der Waals surface area contributed by atoms with Crippen LogP contribution in [0.5, 0.6) is 0 Å². The van der Waals surface area contributed by atoms with E-state index in [1.54, 1.807) is 13.1 Å². The molecular formula is C11H12FN3O2S. The number of nitrogen functional groups attached to an aromatic ring is 1. The molecule has 0 radical (unpaired) electrons. The monoisotopic (exact) mass is 269 g/mol. The fourth-order valence-electron chi connectivity index (χ4n) is 1.57. The van der Waals surface area contributed by atoms with E-state index >= 15 is 0 Å². The zero-order valence-corrected chi connectivity index (χ0v) is 10.7. The number of benzene rings is 1. The quantitative estimate of drug-likeness (QED) is 0.889. The Bertz CT molecular complexity index is 688. The minimum absolute atomic E-state index is 0.343. The van der Waals surface area contributed by atoms with Gasteiger partial charge in [-0.1, -0.05) is 0 Å². The molecule has 0 fully saturated rings. The van der Waals surface area contributed by atoms with Gasteiger partial charge in [0, 0.05) is 24.9 Å². The molecule has 1 aromatic heterocycles. The zero-order valence-electron chi connectivity index (χ0n) is 9.88. The van der Waals surface area contributed by atoms with Gasteiger partial charge in [-0.15, -0.1) is 0 Å². The molecule has 2 rings (SSSR count). The molecule has 0 spiro atoms. The molecule has 7 heteroatoms. The number of sulfone groups is 1. The van der Waals surface area contributed by atoms with Crippen LogP contribution >= 0.6 is 0 Å². The number of anilines is 1. The molecule has 0 atom stereocenters. The Balaban J connectivity index is 2.61. The van der Waals surface area contributed by atoms with Crippen molar-refractivity contribution in [1.29, 1.82) is 0 Å². The van der Waals surface area contributed by atoms with E-state index < -0.39 is 15.7 Å². The highest BCUT2D eigenvalue weighted by molar-refractivity contribution is 7.90. The molecule has 0 aliphatic carbocycles. The van der Waals surface area contributed by atoms with E-state index in [0.29, 0.717) is 17.1 Å². The van der Waals surface area contributed by atoms with Gasteiger partial charge in [-0.25, -0.2) is 12.8 Å². The van der Waals surface area contributed by atoms with E-state index in [4.69, 9.17) is 5.73 Å². The fraction of sp³-hybridized carbons (Fsp3) is 0.182. The van der Waals surface area contributed by atoms with Crippen LogP contribution in [-0.4, -0.2) is 24.5 Å². The average molecular weight is 269 g/mol. The van der Waals surface area contributed by atoms with Crippen molar-refractivity contribution in [1.82, 2.24) is 9.78 Å². The molecule has 0 bridgehead atoms. The van der Waals surface area contributed by atoms with Crippen LogP contribution in [0.15, 0.2) is 29.2 Å². The van der Waals surface area contributed by atoms with Crippen LogP contribution in [0.2, 0.25) is 0 Å². The Hall–Kier alpha value is -1.89. The molecule has 1 aromatic carbocycles. The second kappa shape index (κ2) is 4.09. The van der Waals surface area contributed by atoms with Gasteiger partial charge >= 0.3 is 0 Å². The van der Waals surface area contributed by atoms with Gasteiger partial charge in [-0.3, -0.25) is 4.68 Å². The van der Waals surface area contributed by atoms with Gasteiger partial charge in [0.25, 0.3) is 0 Å². The van der Waals surface area contributed by atoms with Crippen LogP contribution in [0.4, 0.5) is 10.2 Å². The first-order valence-electron chi connectivity index (χ1n) is 5.08. The van der Waals surface area contributed by atoms with Crippen molar-refractivity contribution in [2.75, 3.05) is 12.0 Å². The summed E-state index contributed by atoms with van der Waals surface area (Å²) < 4.78 is 37.7. The molecule has 18 heavy (non-hydrogen) atoms. The van der Waals surface area contributed by atoms with Crippen LogP contribution in [0.25, 0.3) is 11.3 Å². The van der Waals surface area contributed by atoms with E-state index in [1.165, 1.54) is 16.8 Å². The van der Waals surface area contributed by atoms with Crippen molar-refractivity contribution >= 4 is 15.7 Å². The molecule has 1 heterocycles. The second-order valence-electron chi connectivity index (χ2n) is 4.00. The number of nitrogens with zero attached hydrogens (tertiary/aromatic N) is 2. The van der Waals surface area contributed by atoms with E-state index in [9.17, 15) is 12.8 Å². The molecule has 0 aliphatic heterocycles. The average Bonchev–Trinajstić information content (AvgIpc) is 2.58. The Morgan fingerprint density at radius 2 is 2.00 bits per heavy atom. The summed E-state index contributed by atoms with van der Waals surface area (Å²) in [6.07, 6.45) is 0.960. The lowest BCUT2D eigenvalue weighted by Gasteiger charge is -2.03. The second-order valence-corrected chi connectivity index (χ2v) is 5.98. The van der Waals surface area contributed by atoms with Gasteiger partial charge in [0.05, 0.1) is 5.69 Å². The number of aryl methyl sites for hydroxylation is 1. The highest BCUT2D eigenvalue weighted by atomic mass is 32.2. The number of aromatic nitrogens is 2. The van der Waals surface area contributed by atoms with Crippen LogP contribution in [0, 0.1) is 5.82 Å². The Morgan fingerprint density at radius 1 is 1.33 bits per heavy atom. The van der Waals surface area contributed by atoms with E-state index in [2.05, 4.69) is 5.10 Å². The normalized spacial score (nSPS) is 11.7. The molecule has 2 aromatic rings. The van der Waals surface area contributed by atoms with E-state index in [0.717, 1.165) is 12.3 Å². The van der Waals surface area contributed by atoms with Crippen molar-refractivity contribution in [3.63, 3.8) is 0 Å². The van der Waals surface area contributed by atoms with Crippen molar-refractivity contribution in [3.05, 3.63) is 30.1 Å². The van der Waals surface area contributed by atoms with Crippen LogP contribution in [-0.2, 0) is 16.9 Å². The van der Waals surface area contributed by atoms with Gasteiger partial charge in [0.15, 0.2) is 9.84 Å².